The lowest BCUT2D eigenvalue weighted by molar-refractivity contribution is 0.0956. The first kappa shape index (κ1) is 18.5. The van der Waals surface area contributed by atoms with E-state index in [0.717, 1.165) is 23.5 Å². The molecule has 2 aromatic heterocycles. The van der Waals surface area contributed by atoms with Gasteiger partial charge in [-0.05, 0) is 25.5 Å². The normalized spacial score (nSPS) is 9.65. The standard InChI is InChI=1S/C14H18N6O.C2H6.2H2/c1-5-10-16-9(3)7-11(17-10)18-12-6-8(2)13(20-19-12)14(21)15-4;1-2;;/h6-7H,5H2,1-4H3,(H,15,21)(H,16,17,18,19);1-2H3;2*1H. The molecule has 0 saturated heterocycles. The summed E-state index contributed by atoms with van der Waals surface area (Å²) < 4.78 is 0. The number of aromatic nitrogens is 4. The number of amides is 1. The molecule has 2 rings (SSSR count). The molecule has 0 spiro atoms. The minimum absolute atomic E-state index is 0. The second-order valence-electron chi connectivity index (χ2n) is 4.63. The Morgan fingerprint density at radius 2 is 1.83 bits per heavy atom. The lowest BCUT2D eigenvalue weighted by atomic mass is 10.2. The summed E-state index contributed by atoms with van der Waals surface area (Å²) >= 11 is 0. The summed E-state index contributed by atoms with van der Waals surface area (Å²) in [7, 11) is 1.56. The van der Waals surface area contributed by atoms with Crippen LogP contribution in [0.4, 0.5) is 11.6 Å². The molecule has 2 heterocycles. The van der Waals surface area contributed by atoms with E-state index in [9.17, 15) is 4.79 Å². The minimum atomic E-state index is -0.252. The highest BCUT2D eigenvalue weighted by molar-refractivity contribution is 5.93. The van der Waals surface area contributed by atoms with Crippen molar-refractivity contribution in [2.45, 2.75) is 41.0 Å². The van der Waals surface area contributed by atoms with Crippen molar-refractivity contribution in [1.82, 2.24) is 25.5 Å². The molecule has 7 heteroatoms. The Balaban J connectivity index is 0. The van der Waals surface area contributed by atoms with Crippen LogP contribution in [-0.4, -0.2) is 33.1 Å². The molecule has 0 aromatic carbocycles. The Morgan fingerprint density at radius 3 is 2.39 bits per heavy atom. The fraction of sp³-hybridized carbons (Fsp3) is 0.438. The van der Waals surface area contributed by atoms with Gasteiger partial charge in [0, 0.05) is 28.1 Å². The second kappa shape index (κ2) is 8.77. The first-order valence-electron chi connectivity index (χ1n) is 7.71. The number of nitrogens with one attached hydrogen (secondary N) is 2. The van der Waals surface area contributed by atoms with Gasteiger partial charge in [-0.2, -0.15) is 0 Å². The molecule has 0 saturated carbocycles. The van der Waals surface area contributed by atoms with Crippen molar-refractivity contribution >= 4 is 17.5 Å². The van der Waals surface area contributed by atoms with Crippen molar-refractivity contribution in [3.8, 4) is 0 Å². The monoisotopic (exact) mass is 320 g/mol. The Kier molecular flexibility index (Phi) is 7.05. The van der Waals surface area contributed by atoms with Crippen LogP contribution in [0.5, 0.6) is 0 Å². The van der Waals surface area contributed by atoms with Crippen molar-refractivity contribution in [3.05, 3.63) is 34.9 Å². The third-order valence-electron chi connectivity index (χ3n) is 2.90. The summed E-state index contributed by atoms with van der Waals surface area (Å²) in [5.41, 5.74) is 1.94. The topological polar surface area (TPSA) is 92.7 Å². The highest BCUT2D eigenvalue weighted by atomic mass is 16.1. The second-order valence-corrected chi connectivity index (χ2v) is 4.63. The summed E-state index contributed by atoms with van der Waals surface area (Å²) in [5, 5.41) is 13.6. The first-order valence-corrected chi connectivity index (χ1v) is 7.71. The number of hydrogen-bond donors (Lipinski definition) is 2. The zero-order chi connectivity index (χ0) is 17.4. The van der Waals surface area contributed by atoms with Crippen molar-refractivity contribution < 1.29 is 7.65 Å². The lowest BCUT2D eigenvalue weighted by Crippen LogP contribution is -2.21. The van der Waals surface area contributed by atoms with E-state index in [4.69, 9.17) is 0 Å². The van der Waals surface area contributed by atoms with Gasteiger partial charge in [0.05, 0.1) is 0 Å². The first-order chi connectivity index (χ1) is 11.0. The summed E-state index contributed by atoms with van der Waals surface area (Å²) in [6, 6.07) is 3.60. The average Bonchev–Trinajstić information content (AvgIpc) is 2.55. The molecule has 0 atom stereocenters. The Morgan fingerprint density at radius 1 is 1.13 bits per heavy atom. The van der Waals surface area contributed by atoms with Gasteiger partial charge in [-0.25, -0.2) is 9.97 Å². The largest absolute Gasteiger partial charge is 0.354 e. The lowest BCUT2D eigenvalue weighted by Gasteiger charge is -2.08. The molecule has 23 heavy (non-hydrogen) atoms. The highest BCUT2D eigenvalue weighted by Gasteiger charge is 2.11. The Hall–Kier alpha value is -2.57. The molecule has 0 radical (unpaired) electrons. The van der Waals surface area contributed by atoms with Crippen LogP contribution in [0.15, 0.2) is 12.1 Å². The fourth-order valence-electron chi connectivity index (χ4n) is 1.87. The van der Waals surface area contributed by atoms with Crippen LogP contribution >= 0.6 is 0 Å². The summed E-state index contributed by atoms with van der Waals surface area (Å²) in [4.78, 5) is 20.3. The van der Waals surface area contributed by atoms with Gasteiger partial charge in [0.15, 0.2) is 11.5 Å². The fourth-order valence-corrected chi connectivity index (χ4v) is 1.87. The molecule has 0 aliphatic rings. The maximum Gasteiger partial charge on any atom is 0.271 e. The molecule has 2 aromatic rings. The number of hydrogen-bond acceptors (Lipinski definition) is 6. The summed E-state index contributed by atoms with van der Waals surface area (Å²) in [6.45, 7) is 9.73. The number of rotatable bonds is 4. The van der Waals surface area contributed by atoms with Gasteiger partial charge < -0.3 is 10.6 Å². The third-order valence-corrected chi connectivity index (χ3v) is 2.90. The van der Waals surface area contributed by atoms with Crippen molar-refractivity contribution in [3.63, 3.8) is 0 Å². The minimum Gasteiger partial charge on any atom is -0.354 e. The SMILES string of the molecule is CC.CCc1nc(C)cc(Nc2cc(C)c(C(=O)NC)nn2)n1.[HH].[HH]. The molecule has 0 aliphatic carbocycles. The van der Waals surface area contributed by atoms with E-state index in [-0.39, 0.29) is 8.76 Å². The van der Waals surface area contributed by atoms with Gasteiger partial charge in [-0.15, -0.1) is 10.2 Å². The van der Waals surface area contributed by atoms with E-state index in [1.807, 2.05) is 40.7 Å². The molecule has 0 unspecified atom stereocenters. The highest BCUT2D eigenvalue weighted by Crippen LogP contribution is 2.15. The van der Waals surface area contributed by atoms with E-state index in [1.165, 1.54) is 0 Å². The van der Waals surface area contributed by atoms with Gasteiger partial charge in [-0.1, -0.05) is 20.8 Å². The molecule has 7 nitrogen and oxygen atoms in total. The Labute approximate surface area is 139 Å². The molecular formula is C16H28N6O. The van der Waals surface area contributed by atoms with Gasteiger partial charge in [0.1, 0.15) is 11.6 Å². The summed E-state index contributed by atoms with van der Waals surface area (Å²) in [6.07, 6.45) is 0.761. The maximum absolute atomic E-state index is 11.6. The van der Waals surface area contributed by atoms with E-state index in [1.54, 1.807) is 13.1 Å². The van der Waals surface area contributed by atoms with Crippen LogP contribution in [0.25, 0.3) is 0 Å². The van der Waals surface area contributed by atoms with E-state index in [2.05, 4.69) is 30.8 Å². The maximum atomic E-state index is 11.6. The third kappa shape index (κ3) is 4.98. The predicted molar refractivity (Wildman–Crippen MR) is 95.2 cm³/mol. The zero-order valence-corrected chi connectivity index (χ0v) is 14.6. The zero-order valence-electron chi connectivity index (χ0n) is 14.6. The molecule has 2 N–H and O–H groups in total. The van der Waals surface area contributed by atoms with Crippen LogP contribution < -0.4 is 10.6 Å². The quantitative estimate of drug-likeness (QED) is 0.899. The average molecular weight is 320 g/mol. The van der Waals surface area contributed by atoms with E-state index >= 15 is 0 Å². The molecule has 0 fully saturated rings. The number of carbonyl (C=O) groups is 1. The van der Waals surface area contributed by atoms with Crippen molar-refractivity contribution in [2.24, 2.45) is 0 Å². The van der Waals surface area contributed by atoms with Crippen LogP contribution in [0.1, 0.15) is 51.2 Å². The number of aryl methyl sites for hydroxylation is 3. The smallest absolute Gasteiger partial charge is 0.271 e. The number of nitrogens with zero attached hydrogens (tertiary/aromatic N) is 4. The predicted octanol–water partition coefficient (Wildman–Crippen LogP) is 3.07. The van der Waals surface area contributed by atoms with Crippen LogP contribution in [0.3, 0.4) is 0 Å². The van der Waals surface area contributed by atoms with E-state index in [0.29, 0.717) is 17.3 Å². The van der Waals surface area contributed by atoms with Crippen LogP contribution in [0.2, 0.25) is 0 Å². The number of carbonyl (C=O) groups excluding carboxylic acids is 1. The van der Waals surface area contributed by atoms with Crippen LogP contribution in [0, 0.1) is 13.8 Å². The molecular weight excluding hydrogens is 292 g/mol. The van der Waals surface area contributed by atoms with Gasteiger partial charge in [0.2, 0.25) is 0 Å². The van der Waals surface area contributed by atoms with Crippen molar-refractivity contribution in [1.29, 1.82) is 0 Å². The van der Waals surface area contributed by atoms with Gasteiger partial charge in [-0.3, -0.25) is 4.79 Å². The van der Waals surface area contributed by atoms with Crippen molar-refractivity contribution in [2.75, 3.05) is 12.4 Å². The van der Waals surface area contributed by atoms with Gasteiger partial charge in [0.25, 0.3) is 5.91 Å². The number of anilines is 2. The Bertz CT molecular complexity index is 682. The van der Waals surface area contributed by atoms with Crippen LogP contribution in [-0.2, 0) is 6.42 Å². The molecule has 0 aliphatic heterocycles. The molecule has 1 amide bonds. The molecule has 128 valence electrons. The molecule has 0 bridgehead atoms. The summed E-state index contributed by atoms with van der Waals surface area (Å²) in [5.74, 6) is 1.72. The van der Waals surface area contributed by atoms with E-state index < -0.39 is 0 Å². The van der Waals surface area contributed by atoms with Gasteiger partial charge >= 0.3 is 0 Å².